The van der Waals surface area contributed by atoms with E-state index in [1.807, 2.05) is 12.4 Å². The van der Waals surface area contributed by atoms with E-state index in [1.165, 1.54) is 38.5 Å². The van der Waals surface area contributed by atoms with Gasteiger partial charge in [-0.15, -0.1) is 0 Å². The van der Waals surface area contributed by atoms with Crippen LogP contribution in [0.15, 0.2) is 24.8 Å². The van der Waals surface area contributed by atoms with Crippen molar-refractivity contribution in [1.82, 2.24) is 25.1 Å². The van der Waals surface area contributed by atoms with Crippen molar-refractivity contribution in [3.63, 3.8) is 0 Å². The fourth-order valence-corrected chi connectivity index (χ4v) is 3.84. The molecule has 2 fully saturated rings. The van der Waals surface area contributed by atoms with Crippen molar-refractivity contribution in [3.8, 4) is 5.95 Å². The zero-order valence-corrected chi connectivity index (χ0v) is 15.6. The van der Waals surface area contributed by atoms with Crippen LogP contribution in [-0.2, 0) is 0 Å². The number of hydrogen-bond donors (Lipinski definition) is 2. The molecule has 0 atom stereocenters. The Labute approximate surface area is 159 Å². The molecule has 0 spiro atoms. The molecule has 1 aliphatic heterocycles. The lowest BCUT2D eigenvalue weighted by Gasteiger charge is -2.28. The van der Waals surface area contributed by atoms with E-state index < -0.39 is 0 Å². The molecule has 8 nitrogen and oxygen atoms in total. The highest BCUT2D eigenvalue weighted by molar-refractivity contribution is 5.89. The second-order valence-electron chi connectivity index (χ2n) is 7.40. The van der Waals surface area contributed by atoms with Crippen LogP contribution < -0.4 is 15.5 Å². The van der Waals surface area contributed by atoms with Gasteiger partial charge in [0.15, 0.2) is 0 Å². The quantitative estimate of drug-likeness (QED) is 0.864. The summed E-state index contributed by atoms with van der Waals surface area (Å²) in [4.78, 5) is 23.3. The van der Waals surface area contributed by atoms with Gasteiger partial charge in [-0.05, 0) is 32.1 Å². The zero-order valence-electron chi connectivity index (χ0n) is 15.6. The smallest absolute Gasteiger partial charge is 0.319 e. The van der Waals surface area contributed by atoms with Gasteiger partial charge in [0.25, 0.3) is 5.95 Å². The molecule has 2 aliphatic rings. The first kappa shape index (κ1) is 17.8. The molecule has 0 bridgehead atoms. The van der Waals surface area contributed by atoms with E-state index in [0.717, 1.165) is 31.6 Å². The number of aromatic nitrogens is 4. The van der Waals surface area contributed by atoms with Crippen molar-refractivity contribution in [2.24, 2.45) is 0 Å². The summed E-state index contributed by atoms with van der Waals surface area (Å²) in [6.45, 7) is 2.13. The van der Waals surface area contributed by atoms with Crippen LogP contribution >= 0.6 is 0 Å². The molecule has 27 heavy (non-hydrogen) atoms. The highest BCUT2D eigenvalue weighted by Crippen LogP contribution is 2.19. The van der Waals surface area contributed by atoms with Crippen LogP contribution in [0.1, 0.15) is 51.4 Å². The highest BCUT2D eigenvalue weighted by atomic mass is 16.2. The highest BCUT2D eigenvalue weighted by Gasteiger charge is 2.16. The monoisotopic (exact) mass is 369 g/mol. The van der Waals surface area contributed by atoms with E-state index in [-0.39, 0.29) is 12.1 Å². The summed E-state index contributed by atoms with van der Waals surface area (Å²) in [5, 5.41) is 10.1. The van der Waals surface area contributed by atoms with Crippen molar-refractivity contribution in [3.05, 3.63) is 24.8 Å². The Morgan fingerprint density at radius 2 is 1.67 bits per heavy atom. The lowest BCUT2D eigenvalue weighted by Crippen LogP contribution is -2.38. The number of anilines is 2. The maximum atomic E-state index is 12.2. The molecule has 3 heterocycles. The topological polar surface area (TPSA) is 88.0 Å². The molecule has 1 saturated carbocycles. The van der Waals surface area contributed by atoms with Crippen LogP contribution in [0, 0.1) is 0 Å². The Morgan fingerprint density at radius 3 is 2.41 bits per heavy atom. The molecule has 0 aromatic carbocycles. The fourth-order valence-electron chi connectivity index (χ4n) is 3.84. The molecule has 8 heteroatoms. The number of carbonyl (C=O) groups is 1. The lowest BCUT2D eigenvalue weighted by atomic mass is 9.96. The van der Waals surface area contributed by atoms with Crippen molar-refractivity contribution in [1.29, 1.82) is 0 Å². The van der Waals surface area contributed by atoms with E-state index in [4.69, 9.17) is 0 Å². The molecule has 0 unspecified atom stereocenters. The summed E-state index contributed by atoms with van der Waals surface area (Å²) in [7, 11) is 0. The standard InChI is InChI=1S/C19H27N7O/c27-19(23-15-7-3-1-4-8-15)24-16-11-22-26(14-16)18-20-12-17(13-21-18)25-9-5-2-6-10-25/h11-15H,1-10H2,(H2,23,24,27). The third-order valence-corrected chi connectivity index (χ3v) is 5.33. The van der Waals surface area contributed by atoms with E-state index in [2.05, 4.69) is 30.6 Å². The van der Waals surface area contributed by atoms with Crippen molar-refractivity contribution in [2.45, 2.75) is 57.4 Å². The summed E-state index contributed by atoms with van der Waals surface area (Å²) in [5.41, 5.74) is 1.68. The molecule has 144 valence electrons. The molecule has 2 amide bonds. The normalized spacial score (nSPS) is 18.3. The average molecular weight is 369 g/mol. The summed E-state index contributed by atoms with van der Waals surface area (Å²) < 4.78 is 1.58. The fraction of sp³-hybridized carbons (Fsp3) is 0.579. The van der Waals surface area contributed by atoms with Crippen LogP contribution in [0.3, 0.4) is 0 Å². The van der Waals surface area contributed by atoms with E-state index in [0.29, 0.717) is 11.6 Å². The summed E-state index contributed by atoms with van der Waals surface area (Å²) in [6, 6.07) is 0.0993. The number of nitrogens with one attached hydrogen (secondary N) is 2. The number of hydrogen-bond acceptors (Lipinski definition) is 5. The summed E-state index contributed by atoms with van der Waals surface area (Å²) in [5.74, 6) is 0.497. The Hall–Kier alpha value is -2.64. The second kappa shape index (κ2) is 8.37. The largest absolute Gasteiger partial charge is 0.369 e. The number of piperidine rings is 1. The van der Waals surface area contributed by atoms with Gasteiger partial charge in [-0.1, -0.05) is 19.3 Å². The molecule has 1 aliphatic carbocycles. The zero-order chi connectivity index (χ0) is 18.5. The van der Waals surface area contributed by atoms with Gasteiger partial charge in [0.05, 0.1) is 36.2 Å². The number of nitrogens with zero attached hydrogens (tertiary/aromatic N) is 5. The number of rotatable bonds is 4. The average Bonchev–Trinajstić information content (AvgIpc) is 3.18. The first-order chi connectivity index (χ1) is 13.3. The van der Waals surface area contributed by atoms with Gasteiger partial charge in [0.1, 0.15) is 0 Å². The first-order valence-corrected chi connectivity index (χ1v) is 9.97. The Bertz CT molecular complexity index is 746. The van der Waals surface area contributed by atoms with Crippen molar-refractivity contribution < 1.29 is 4.79 Å². The van der Waals surface area contributed by atoms with E-state index >= 15 is 0 Å². The maximum Gasteiger partial charge on any atom is 0.319 e. The molecule has 4 rings (SSSR count). The first-order valence-electron chi connectivity index (χ1n) is 9.97. The third-order valence-electron chi connectivity index (χ3n) is 5.33. The predicted octanol–water partition coefficient (Wildman–Crippen LogP) is 3.11. The van der Waals surface area contributed by atoms with E-state index in [1.54, 1.807) is 17.1 Å². The molecular formula is C19H27N7O. The van der Waals surface area contributed by atoms with Crippen LogP contribution in [0.25, 0.3) is 5.95 Å². The minimum absolute atomic E-state index is 0.178. The molecule has 2 aromatic rings. The molecular weight excluding hydrogens is 342 g/mol. The van der Waals surface area contributed by atoms with Crippen molar-refractivity contribution >= 4 is 17.4 Å². The SMILES string of the molecule is O=C(Nc1cnn(-c2ncc(N3CCCCC3)cn2)c1)NC1CCCCC1. The van der Waals surface area contributed by atoms with Crippen LogP contribution in [0.4, 0.5) is 16.2 Å². The summed E-state index contributed by atoms with van der Waals surface area (Å²) in [6.07, 6.45) is 16.5. The number of amides is 2. The Morgan fingerprint density at radius 1 is 0.963 bits per heavy atom. The lowest BCUT2D eigenvalue weighted by molar-refractivity contribution is 0.244. The minimum Gasteiger partial charge on any atom is -0.369 e. The Balaban J connectivity index is 1.34. The van der Waals surface area contributed by atoms with Gasteiger partial charge >= 0.3 is 6.03 Å². The molecule has 2 aromatic heterocycles. The predicted molar refractivity (Wildman–Crippen MR) is 104 cm³/mol. The van der Waals surface area contributed by atoms with Gasteiger partial charge in [-0.3, -0.25) is 0 Å². The molecule has 0 radical (unpaired) electrons. The minimum atomic E-state index is -0.178. The third kappa shape index (κ3) is 4.56. The number of urea groups is 1. The van der Waals surface area contributed by atoms with Gasteiger partial charge in [0.2, 0.25) is 0 Å². The van der Waals surface area contributed by atoms with Crippen molar-refractivity contribution in [2.75, 3.05) is 23.3 Å². The maximum absolute atomic E-state index is 12.2. The van der Waals surface area contributed by atoms with Crippen LogP contribution in [0.2, 0.25) is 0 Å². The van der Waals surface area contributed by atoms with Crippen LogP contribution in [0.5, 0.6) is 0 Å². The molecule has 1 saturated heterocycles. The van der Waals surface area contributed by atoms with E-state index in [9.17, 15) is 4.79 Å². The number of carbonyl (C=O) groups excluding carboxylic acids is 1. The van der Waals surface area contributed by atoms with Gasteiger partial charge in [-0.2, -0.15) is 5.10 Å². The van der Waals surface area contributed by atoms with Gasteiger partial charge in [-0.25, -0.2) is 19.4 Å². The molecule has 2 N–H and O–H groups in total. The van der Waals surface area contributed by atoms with Gasteiger partial charge < -0.3 is 15.5 Å². The van der Waals surface area contributed by atoms with Gasteiger partial charge in [0, 0.05) is 19.1 Å². The summed E-state index contributed by atoms with van der Waals surface area (Å²) >= 11 is 0. The van der Waals surface area contributed by atoms with Crippen LogP contribution in [-0.4, -0.2) is 44.9 Å². The second-order valence-corrected chi connectivity index (χ2v) is 7.40. The Kier molecular flexibility index (Phi) is 5.50.